The fourth-order valence-corrected chi connectivity index (χ4v) is 2.84. The third kappa shape index (κ3) is 3.10. The number of pyridine rings is 1. The highest BCUT2D eigenvalue weighted by molar-refractivity contribution is 14.1. The number of rotatable bonds is 4. The zero-order valence-corrected chi connectivity index (χ0v) is 15.4. The molecule has 0 aliphatic heterocycles. The second-order valence-corrected chi connectivity index (χ2v) is 5.80. The lowest BCUT2D eigenvalue weighted by atomic mass is 10.0. The molecule has 4 rings (SSSR count). The van der Waals surface area contributed by atoms with Crippen LogP contribution >= 0.6 is 23.0 Å². The van der Waals surface area contributed by atoms with Crippen molar-refractivity contribution in [1.82, 2.24) is 20.4 Å². The molecule has 0 bridgehead atoms. The van der Waals surface area contributed by atoms with Crippen LogP contribution < -0.4 is 4.74 Å². The van der Waals surface area contributed by atoms with Crippen molar-refractivity contribution in [3.05, 3.63) is 66.5 Å². The molecule has 128 valence electrons. The molecule has 0 amide bonds. The summed E-state index contributed by atoms with van der Waals surface area (Å²) in [5, 5.41) is 10.9. The molecule has 2 aromatic heterocycles. The van der Waals surface area contributed by atoms with E-state index in [1.807, 2.05) is 54.6 Å². The van der Waals surface area contributed by atoms with Gasteiger partial charge in [-0.3, -0.25) is 4.98 Å². The average Bonchev–Trinajstić information content (AvgIpc) is 3.16. The van der Waals surface area contributed by atoms with E-state index < -0.39 is 5.97 Å². The Morgan fingerprint density at radius 1 is 1.04 bits per heavy atom. The number of nitrogens with zero attached hydrogens (tertiary/aromatic N) is 3. The van der Waals surface area contributed by atoms with Crippen molar-refractivity contribution in [3.63, 3.8) is 0 Å². The van der Waals surface area contributed by atoms with Gasteiger partial charge in [-0.1, -0.05) is 35.5 Å². The van der Waals surface area contributed by atoms with Gasteiger partial charge in [0.25, 0.3) is 5.88 Å². The molecule has 0 saturated heterocycles. The normalized spacial score (nSPS) is 10.7. The SMILES string of the molecule is O=C(OI)c1nn[nH]c1Oc1ccc(-c2ccnc3ccccc23)cc1. The maximum Gasteiger partial charge on any atom is 0.374 e. The van der Waals surface area contributed by atoms with Gasteiger partial charge in [0.1, 0.15) is 5.75 Å². The standard InChI is InChI=1S/C18H11IN4O3/c19-26-18(24)16-17(22-23-21-16)25-12-7-5-11(6-8-12)13-9-10-20-15-4-2-1-3-14(13)15/h1-10H,(H,21,22,23). The second kappa shape index (κ2) is 7.08. The number of carbonyl (C=O) groups excluding carboxylic acids is 1. The molecular formula is C18H11IN4O3. The van der Waals surface area contributed by atoms with Gasteiger partial charge in [0.05, 0.1) is 5.52 Å². The number of hydrogen-bond donors (Lipinski definition) is 1. The predicted octanol–water partition coefficient (Wildman–Crippen LogP) is 4.32. The van der Waals surface area contributed by atoms with E-state index in [9.17, 15) is 4.79 Å². The quantitative estimate of drug-likeness (QED) is 0.459. The molecule has 2 aromatic carbocycles. The molecule has 26 heavy (non-hydrogen) atoms. The fourth-order valence-electron chi connectivity index (χ4n) is 2.63. The van der Waals surface area contributed by atoms with Gasteiger partial charge in [0.2, 0.25) is 5.69 Å². The van der Waals surface area contributed by atoms with E-state index in [4.69, 9.17) is 4.74 Å². The predicted molar refractivity (Wildman–Crippen MR) is 103 cm³/mol. The van der Waals surface area contributed by atoms with Crippen LogP contribution in [0.1, 0.15) is 10.5 Å². The Morgan fingerprint density at radius 2 is 1.85 bits per heavy atom. The molecule has 0 fully saturated rings. The first-order chi connectivity index (χ1) is 12.8. The second-order valence-electron chi connectivity index (χ2n) is 5.36. The largest absolute Gasteiger partial charge is 0.437 e. The van der Waals surface area contributed by atoms with Crippen LogP contribution in [0.25, 0.3) is 22.0 Å². The number of para-hydroxylation sites is 1. The Kier molecular flexibility index (Phi) is 4.48. The number of ether oxygens (including phenoxy) is 1. The first kappa shape index (κ1) is 16.5. The summed E-state index contributed by atoms with van der Waals surface area (Å²) in [6.07, 6.45) is 1.79. The van der Waals surface area contributed by atoms with Gasteiger partial charge < -0.3 is 7.80 Å². The monoisotopic (exact) mass is 458 g/mol. The highest BCUT2D eigenvalue weighted by Crippen LogP contribution is 2.30. The Hall–Kier alpha value is -3.01. The smallest absolute Gasteiger partial charge is 0.374 e. The van der Waals surface area contributed by atoms with Crippen molar-refractivity contribution in [2.45, 2.75) is 0 Å². The molecule has 0 saturated carbocycles. The molecule has 0 atom stereocenters. The summed E-state index contributed by atoms with van der Waals surface area (Å²) in [6.45, 7) is 0. The fraction of sp³-hybridized carbons (Fsp3) is 0. The van der Waals surface area contributed by atoms with Crippen molar-refractivity contribution >= 4 is 39.9 Å². The Bertz CT molecular complexity index is 1070. The molecule has 2 heterocycles. The number of aromatic nitrogens is 4. The number of hydrogen-bond acceptors (Lipinski definition) is 6. The highest BCUT2D eigenvalue weighted by atomic mass is 127. The van der Waals surface area contributed by atoms with Crippen LogP contribution in [-0.4, -0.2) is 26.4 Å². The number of fused-ring (bicyclic) bond motifs is 1. The minimum atomic E-state index is -0.630. The zero-order valence-electron chi connectivity index (χ0n) is 13.2. The van der Waals surface area contributed by atoms with E-state index in [1.54, 1.807) is 6.20 Å². The number of benzene rings is 2. The summed E-state index contributed by atoms with van der Waals surface area (Å²) >= 11 is 1.49. The minimum absolute atomic E-state index is 0.0106. The van der Waals surface area contributed by atoms with Crippen molar-refractivity contribution in [1.29, 1.82) is 0 Å². The van der Waals surface area contributed by atoms with Crippen LogP contribution in [0.4, 0.5) is 0 Å². The van der Waals surface area contributed by atoms with Crippen LogP contribution in [0.5, 0.6) is 11.6 Å². The average molecular weight is 458 g/mol. The lowest BCUT2D eigenvalue weighted by Crippen LogP contribution is -2.01. The van der Waals surface area contributed by atoms with Gasteiger partial charge in [-0.25, -0.2) is 9.89 Å². The van der Waals surface area contributed by atoms with Crippen LogP contribution in [0, 0.1) is 0 Å². The Balaban J connectivity index is 1.63. The first-order valence-electron chi connectivity index (χ1n) is 7.62. The lowest BCUT2D eigenvalue weighted by molar-refractivity contribution is 0.0791. The molecule has 0 aliphatic rings. The van der Waals surface area contributed by atoms with Crippen molar-refractivity contribution in [2.24, 2.45) is 0 Å². The maximum atomic E-state index is 11.6. The summed E-state index contributed by atoms with van der Waals surface area (Å²) in [7, 11) is 0. The Labute approximate surface area is 162 Å². The van der Waals surface area contributed by atoms with E-state index in [2.05, 4.69) is 23.5 Å². The Morgan fingerprint density at radius 3 is 2.65 bits per heavy atom. The summed E-state index contributed by atoms with van der Waals surface area (Å²) in [5.41, 5.74) is 3.05. The molecule has 4 aromatic rings. The summed E-state index contributed by atoms with van der Waals surface area (Å²) in [5.74, 6) is 0.0451. The molecule has 0 unspecified atom stereocenters. The van der Waals surface area contributed by atoms with Crippen molar-refractivity contribution in [3.8, 4) is 22.8 Å². The van der Waals surface area contributed by atoms with Gasteiger partial charge >= 0.3 is 5.97 Å². The van der Waals surface area contributed by atoms with Crippen molar-refractivity contribution < 1.29 is 12.6 Å². The molecule has 8 heteroatoms. The van der Waals surface area contributed by atoms with E-state index in [-0.39, 0.29) is 11.6 Å². The molecular weight excluding hydrogens is 447 g/mol. The third-order valence-corrected chi connectivity index (χ3v) is 4.21. The molecule has 1 N–H and O–H groups in total. The van der Waals surface area contributed by atoms with Crippen LogP contribution in [0.3, 0.4) is 0 Å². The molecule has 0 spiro atoms. The highest BCUT2D eigenvalue weighted by Gasteiger charge is 2.19. The zero-order chi connectivity index (χ0) is 17.9. The number of halogens is 1. The van der Waals surface area contributed by atoms with E-state index >= 15 is 0 Å². The van der Waals surface area contributed by atoms with Gasteiger partial charge in [-0.2, -0.15) is 0 Å². The number of nitrogens with one attached hydrogen (secondary N) is 1. The van der Waals surface area contributed by atoms with Gasteiger partial charge in [-0.05, 0) is 35.4 Å². The molecule has 0 aliphatic carbocycles. The van der Waals surface area contributed by atoms with Gasteiger partial charge in [0.15, 0.2) is 23.0 Å². The summed E-state index contributed by atoms with van der Waals surface area (Å²) < 4.78 is 10.3. The van der Waals surface area contributed by atoms with Gasteiger partial charge in [0, 0.05) is 11.6 Å². The number of carbonyl (C=O) groups is 1. The minimum Gasteiger partial charge on any atom is -0.437 e. The maximum absolute atomic E-state index is 11.6. The number of H-pyrrole nitrogens is 1. The number of aromatic amines is 1. The lowest BCUT2D eigenvalue weighted by Gasteiger charge is -2.08. The first-order valence-corrected chi connectivity index (χ1v) is 8.50. The van der Waals surface area contributed by atoms with E-state index in [0.29, 0.717) is 5.75 Å². The van der Waals surface area contributed by atoms with Crippen LogP contribution in [-0.2, 0) is 3.07 Å². The van der Waals surface area contributed by atoms with Gasteiger partial charge in [-0.15, -0.1) is 5.10 Å². The summed E-state index contributed by atoms with van der Waals surface area (Å²) in [6, 6.07) is 17.5. The molecule has 0 radical (unpaired) electrons. The summed E-state index contributed by atoms with van der Waals surface area (Å²) in [4.78, 5) is 16.0. The van der Waals surface area contributed by atoms with E-state index in [1.165, 1.54) is 23.0 Å². The van der Waals surface area contributed by atoms with Crippen LogP contribution in [0.2, 0.25) is 0 Å². The van der Waals surface area contributed by atoms with E-state index in [0.717, 1.165) is 22.0 Å². The third-order valence-electron chi connectivity index (χ3n) is 3.81. The van der Waals surface area contributed by atoms with Crippen molar-refractivity contribution in [2.75, 3.05) is 0 Å². The molecule has 7 nitrogen and oxygen atoms in total. The van der Waals surface area contributed by atoms with Crippen LogP contribution in [0.15, 0.2) is 60.8 Å². The topological polar surface area (TPSA) is 90.0 Å².